The van der Waals surface area contributed by atoms with Crippen molar-refractivity contribution in [1.82, 2.24) is 4.90 Å². The lowest BCUT2D eigenvalue weighted by atomic mass is 10.2. The predicted octanol–water partition coefficient (Wildman–Crippen LogP) is 2.10. The SMILES string of the molecule is COC(=O)/C=C1/SCC(=O)N1CCCOC(=O)c1ccc(F)c(F)c1. The average Bonchev–Trinajstić information content (AvgIpc) is 2.93. The number of nitrogens with zero attached hydrogens (tertiary/aromatic N) is 1. The summed E-state index contributed by atoms with van der Waals surface area (Å²) < 4.78 is 35.4. The number of amides is 1. The quantitative estimate of drug-likeness (QED) is 0.433. The molecule has 1 aliphatic heterocycles. The first-order valence-corrected chi connectivity index (χ1v) is 8.26. The maximum absolute atomic E-state index is 13.1. The number of benzene rings is 1. The summed E-state index contributed by atoms with van der Waals surface area (Å²) in [5.74, 6) is -3.47. The maximum Gasteiger partial charge on any atom is 0.338 e. The van der Waals surface area contributed by atoms with Gasteiger partial charge in [0, 0.05) is 6.54 Å². The van der Waals surface area contributed by atoms with Gasteiger partial charge in [0.05, 0.1) is 36.1 Å². The molecule has 0 N–H and O–H groups in total. The Morgan fingerprint density at radius 2 is 2.08 bits per heavy atom. The third kappa shape index (κ3) is 5.02. The van der Waals surface area contributed by atoms with Gasteiger partial charge < -0.3 is 14.4 Å². The fourth-order valence-electron chi connectivity index (χ4n) is 2.02. The molecule has 1 saturated heterocycles. The lowest BCUT2D eigenvalue weighted by Gasteiger charge is -2.16. The first kappa shape index (κ1) is 18.9. The third-order valence-electron chi connectivity index (χ3n) is 3.27. The second-order valence-corrected chi connectivity index (χ2v) is 5.95. The lowest BCUT2D eigenvalue weighted by Crippen LogP contribution is -2.27. The van der Waals surface area contributed by atoms with Crippen LogP contribution in [0.25, 0.3) is 0 Å². The Hall–Kier alpha value is -2.42. The molecule has 0 atom stereocenters. The van der Waals surface area contributed by atoms with Gasteiger partial charge in [-0.1, -0.05) is 11.8 Å². The van der Waals surface area contributed by atoms with Crippen molar-refractivity contribution < 1.29 is 32.6 Å². The van der Waals surface area contributed by atoms with E-state index in [2.05, 4.69) is 4.74 Å². The molecule has 1 aromatic carbocycles. The normalized spacial score (nSPS) is 15.6. The van der Waals surface area contributed by atoms with Gasteiger partial charge in [-0.2, -0.15) is 0 Å². The van der Waals surface area contributed by atoms with Crippen molar-refractivity contribution in [2.24, 2.45) is 0 Å². The van der Waals surface area contributed by atoms with Crippen LogP contribution in [0, 0.1) is 11.6 Å². The molecule has 1 aromatic rings. The van der Waals surface area contributed by atoms with Crippen molar-refractivity contribution in [2.45, 2.75) is 6.42 Å². The number of halogens is 2. The second kappa shape index (κ2) is 8.61. The standard InChI is InChI=1S/C16H15F2NO5S/c1-23-15(21)8-14-19(13(20)9-25-14)5-2-6-24-16(22)10-3-4-11(17)12(18)7-10/h3-4,7-8H,2,5-6,9H2,1H3/b14-8+. The Bertz CT molecular complexity index is 722. The van der Waals surface area contributed by atoms with Crippen LogP contribution in [0.3, 0.4) is 0 Å². The number of methoxy groups -OCH3 is 1. The van der Waals surface area contributed by atoms with Gasteiger partial charge in [0.15, 0.2) is 11.6 Å². The first-order chi connectivity index (χ1) is 11.9. The third-order valence-corrected chi connectivity index (χ3v) is 4.29. The van der Waals surface area contributed by atoms with Gasteiger partial charge in [0.2, 0.25) is 5.91 Å². The molecule has 9 heteroatoms. The largest absolute Gasteiger partial charge is 0.466 e. The van der Waals surface area contributed by atoms with E-state index in [9.17, 15) is 23.2 Å². The Labute approximate surface area is 146 Å². The summed E-state index contributed by atoms with van der Waals surface area (Å²) in [5.41, 5.74) is -0.0991. The highest BCUT2D eigenvalue weighted by molar-refractivity contribution is 8.04. The number of thioether (sulfide) groups is 1. The van der Waals surface area contributed by atoms with Gasteiger partial charge in [-0.25, -0.2) is 18.4 Å². The zero-order chi connectivity index (χ0) is 18.4. The fourth-order valence-corrected chi connectivity index (χ4v) is 2.98. The molecule has 1 fully saturated rings. The Balaban J connectivity index is 1.84. The molecule has 6 nitrogen and oxygen atoms in total. The van der Waals surface area contributed by atoms with E-state index >= 15 is 0 Å². The summed E-state index contributed by atoms with van der Waals surface area (Å²) >= 11 is 1.22. The van der Waals surface area contributed by atoms with Gasteiger partial charge in [-0.3, -0.25) is 4.79 Å². The predicted molar refractivity (Wildman–Crippen MR) is 85.5 cm³/mol. The second-order valence-electron chi connectivity index (χ2n) is 4.96. The molecular weight excluding hydrogens is 356 g/mol. The van der Waals surface area contributed by atoms with E-state index in [4.69, 9.17) is 4.74 Å². The van der Waals surface area contributed by atoms with Crippen LogP contribution in [0.2, 0.25) is 0 Å². The van der Waals surface area contributed by atoms with Gasteiger partial charge in [-0.15, -0.1) is 0 Å². The Morgan fingerprint density at radius 3 is 2.76 bits per heavy atom. The van der Waals surface area contributed by atoms with Crippen molar-refractivity contribution in [3.8, 4) is 0 Å². The minimum absolute atomic E-state index is 0.0161. The molecule has 0 radical (unpaired) electrons. The van der Waals surface area contributed by atoms with Crippen LogP contribution >= 0.6 is 11.8 Å². The number of rotatable bonds is 6. The lowest BCUT2D eigenvalue weighted by molar-refractivity contribution is -0.134. The van der Waals surface area contributed by atoms with Gasteiger partial charge in [0.1, 0.15) is 0 Å². The molecule has 1 aliphatic rings. The van der Waals surface area contributed by atoms with Crippen LogP contribution in [0.5, 0.6) is 0 Å². The van der Waals surface area contributed by atoms with Crippen LogP contribution < -0.4 is 0 Å². The molecule has 0 saturated carbocycles. The average molecular weight is 371 g/mol. The van der Waals surface area contributed by atoms with E-state index in [0.717, 1.165) is 18.2 Å². The maximum atomic E-state index is 13.1. The molecule has 0 spiro atoms. The van der Waals surface area contributed by atoms with Gasteiger partial charge in [-0.05, 0) is 24.6 Å². The molecule has 2 rings (SSSR count). The number of esters is 2. The number of hydrogen-bond donors (Lipinski definition) is 0. The monoisotopic (exact) mass is 371 g/mol. The molecule has 1 heterocycles. The number of ether oxygens (including phenoxy) is 2. The highest BCUT2D eigenvalue weighted by atomic mass is 32.2. The summed E-state index contributed by atoms with van der Waals surface area (Å²) in [5, 5.41) is 0.476. The summed E-state index contributed by atoms with van der Waals surface area (Å²) in [6.45, 7) is 0.234. The van der Waals surface area contributed by atoms with Crippen LogP contribution in [0.15, 0.2) is 29.3 Å². The Morgan fingerprint density at radius 1 is 1.32 bits per heavy atom. The molecule has 134 valence electrons. The number of carbonyl (C=O) groups excluding carboxylic acids is 3. The molecule has 25 heavy (non-hydrogen) atoms. The van der Waals surface area contributed by atoms with Crippen LogP contribution in [0.1, 0.15) is 16.8 Å². The minimum atomic E-state index is -1.13. The fraction of sp³-hybridized carbons (Fsp3) is 0.312. The van der Waals surface area contributed by atoms with E-state index in [1.165, 1.54) is 29.8 Å². The van der Waals surface area contributed by atoms with Crippen molar-refractivity contribution in [1.29, 1.82) is 0 Å². The zero-order valence-corrected chi connectivity index (χ0v) is 14.1. The summed E-state index contributed by atoms with van der Waals surface area (Å²) in [4.78, 5) is 36.2. The van der Waals surface area contributed by atoms with Crippen LogP contribution in [-0.4, -0.2) is 48.8 Å². The zero-order valence-electron chi connectivity index (χ0n) is 13.3. The van der Waals surface area contributed by atoms with Crippen molar-refractivity contribution in [3.05, 3.63) is 46.5 Å². The molecule has 0 bridgehead atoms. The summed E-state index contributed by atoms with van der Waals surface area (Å²) in [6.07, 6.45) is 1.54. The summed E-state index contributed by atoms with van der Waals surface area (Å²) in [7, 11) is 1.24. The number of carbonyl (C=O) groups is 3. The summed E-state index contributed by atoms with van der Waals surface area (Å²) in [6, 6.07) is 2.73. The van der Waals surface area contributed by atoms with E-state index in [1.807, 2.05) is 0 Å². The smallest absolute Gasteiger partial charge is 0.338 e. The van der Waals surface area contributed by atoms with Crippen molar-refractivity contribution >= 4 is 29.6 Å². The minimum Gasteiger partial charge on any atom is -0.466 e. The van der Waals surface area contributed by atoms with E-state index in [1.54, 1.807) is 0 Å². The van der Waals surface area contributed by atoms with E-state index < -0.39 is 23.6 Å². The molecule has 0 aliphatic carbocycles. The van der Waals surface area contributed by atoms with Crippen molar-refractivity contribution in [3.63, 3.8) is 0 Å². The Kier molecular flexibility index (Phi) is 6.51. The molecule has 1 amide bonds. The van der Waals surface area contributed by atoms with Crippen LogP contribution in [-0.2, 0) is 19.1 Å². The molecule has 0 aromatic heterocycles. The molecular formula is C16H15F2NO5S. The topological polar surface area (TPSA) is 72.9 Å². The van der Waals surface area contributed by atoms with E-state index in [-0.39, 0.29) is 30.4 Å². The highest BCUT2D eigenvalue weighted by Gasteiger charge is 2.27. The number of hydrogen-bond acceptors (Lipinski definition) is 6. The molecule has 0 unspecified atom stereocenters. The van der Waals surface area contributed by atoms with Gasteiger partial charge in [0.25, 0.3) is 0 Å². The van der Waals surface area contributed by atoms with Crippen LogP contribution in [0.4, 0.5) is 8.78 Å². The first-order valence-electron chi connectivity index (χ1n) is 7.27. The highest BCUT2D eigenvalue weighted by Crippen LogP contribution is 2.28. The van der Waals surface area contributed by atoms with Crippen molar-refractivity contribution in [2.75, 3.05) is 26.0 Å². The van der Waals surface area contributed by atoms with Gasteiger partial charge >= 0.3 is 11.9 Å². The van der Waals surface area contributed by atoms with E-state index in [0.29, 0.717) is 11.4 Å².